The van der Waals surface area contributed by atoms with Gasteiger partial charge in [-0.05, 0) is 55.7 Å². The van der Waals surface area contributed by atoms with Crippen LogP contribution in [0.15, 0.2) is 34.8 Å². The zero-order valence-corrected chi connectivity index (χ0v) is 17.7. The van der Waals surface area contributed by atoms with Crippen molar-refractivity contribution in [2.45, 2.75) is 50.5 Å². The number of Topliss-reactive ketones (excluding diaryl/α,β-unsaturated/α-hetero) is 1. The van der Waals surface area contributed by atoms with Crippen molar-refractivity contribution in [1.82, 2.24) is 0 Å². The molecular formula is C22H27N2O2S2+. The van der Waals surface area contributed by atoms with Crippen molar-refractivity contribution in [2.75, 3.05) is 31.1 Å². The maximum atomic E-state index is 12.9. The molecule has 148 valence electrons. The standard InChI is InChI=1S/C22H27N2O2S2/c25-21-19(15-7-9-17(27-15)23-11-3-1-4-12-23)22(26)20(21)16-8-10-18(28-16)24-13-5-2-6-14-24/h7-10,19,21,25H,1-6,11-14H2/q+1. The summed E-state index contributed by atoms with van der Waals surface area (Å²) in [6.07, 6.45) is 11.1. The summed E-state index contributed by atoms with van der Waals surface area (Å²) in [6, 6.07) is 4.17. The van der Waals surface area contributed by atoms with E-state index in [0.29, 0.717) is 5.57 Å². The van der Waals surface area contributed by atoms with Crippen molar-refractivity contribution in [3.63, 3.8) is 0 Å². The molecule has 4 heterocycles. The number of piperidine rings is 2. The van der Waals surface area contributed by atoms with E-state index in [2.05, 4.69) is 21.6 Å². The molecule has 1 aromatic heterocycles. The van der Waals surface area contributed by atoms with Crippen molar-refractivity contribution in [1.29, 1.82) is 0 Å². The highest BCUT2D eigenvalue weighted by Gasteiger charge is 2.48. The number of carbonyl (C=O) groups excluding carboxylic acids is 1. The monoisotopic (exact) mass is 415 g/mol. The third kappa shape index (κ3) is 3.29. The molecule has 5 rings (SSSR count). The molecule has 1 aromatic rings. The lowest BCUT2D eigenvalue weighted by Crippen LogP contribution is -2.43. The van der Waals surface area contributed by atoms with Crippen molar-refractivity contribution in [3.05, 3.63) is 39.6 Å². The van der Waals surface area contributed by atoms with Gasteiger partial charge in [-0.15, -0.1) is 11.3 Å². The number of thioether (sulfide) groups is 1. The summed E-state index contributed by atoms with van der Waals surface area (Å²) in [6.45, 7) is 4.41. The van der Waals surface area contributed by atoms with Crippen molar-refractivity contribution in [3.8, 4) is 0 Å². The Bertz CT molecular complexity index is 869. The molecular weight excluding hydrogens is 388 g/mol. The summed E-state index contributed by atoms with van der Waals surface area (Å²) >= 11 is 3.34. The quantitative estimate of drug-likeness (QED) is 0.587. The Kier molecular flexibility index (Phi) is 5.20. The third-order valence-corrected chi connectivity index (χ3v) is 8.68. The van der Waals surface area contributed by atoms with Crippen LogP contribution in [0.4, 0.5) is 5.00 Å². The van der Waals surface area contributed by atoms with Crippen LogP contribution < -0.4 is 4.90 Å². The predicted molar refractivity (Wildman–Crippen MR) is 117 cm³/mol. The largest absolute Gasteiger partial charge is 0.387 e. The van der Waals surface area contributed by atoms with Crippen LogP contribution in [-0.4, -0.2) is 52.8 Å². The van der Waals surface area contributed by atoms with Crippen LogP contribution in [0.2, 0.25) is 0 Å². The Morgan fingerprint density at radius 1 is 1.00 bits per heavy atom. The number of allylic oxidation sites excluding steroid dienone is 1. The molecule has 1 N–H and O–H groups in total. The Morgan fingerprint density at radius 3 is 2.50 bits per heavy atom. The van der Waals surface area contributed by atoms with Crippen LogP contribution in [0, 0.1) is 0 Å². The lowest BCUT2D eigenvalue weighted by Gasteiger charge is -2.34. The van der Waals surface area contributed by atoms with E-state index < -0.39 is 6.10 Å². The molecule has 0 bridgehead atoms. The van der Waals surface area contributed by atoms with E-state index >= 15 is 0 Å². The Morgan fingerprint density at radius 2 is 1.75 bits per heavy atom. The summed E-state index contributed by atoms with van der Waals surface area (Å²) in [5, 5.41) is 13.3. The predicted octanol–water partition coefficient (Wildman–Crippen LogP) is 3.92. The average molecular weight is 416 g/mol. The number of rotatable bonds is 2. The molecule has 28 heavy (non-hydrogen) atoms. The van der Waals surface area contributed by atoms with Gasteiger partial charge in [-0.2, -0.15) is 0 Å². The first-order valence-electron chi connectivity index (χ1n) is 10.5. The highest BCUT2D eigenvalue weighted by Crippen LogP contribution is 2.47. The number of hydrogen-bond donors (Lipinski definition) is 1. The van der Waals surface area contributed by atoms with E-state index in [9.17, 15) is 9.90 Å². The molecule has 1 saturated carbocycles. The minimum Gasteiger partial charge on any atom is -0.387 e. The first-order valence-corrected chi connectivity index (χ1v) is 12.1. The van der Waals surface area contributed by atoms with Crippen molar-refractivity contribution in [2.24, 2.45) is 0 Å². The zero-order chi connectivity index (χ0) is 19.1. The molecule has 2 saturated heterocycles. The molecule has 4 nitrogen and oxygen atoms in total. The second-order valence-electron chi connectivity index (χ2n) is 8.11. The summed E-state index contributed by atoms with van der Waals surface area (Å²) < 4.78 is 2.41. The van der Waals surface area contributed by atoms with Crippen LogP contribution in [0.3, 0.4) is 0 Å². The summed E-state index contributed by atoms with van der Waals surface area (Å²) in [7, 11) is 0. The second kappa shape index (κ2) is 7.81. The first-order chi connectivity index (χ1) is 13.7. The second-order valence-corrected chi connectivity index (χ2v) is 10.3. The highest BCUT2D eigenvalue weighted by molar-refractivity contribution is 8.18. The minimum absolute atomic E-state index is 0.103. The highest BCUT2D eigenvalue weighted by atomic mass is 32.2. The molecule has 0 spiro atoms. The van der Waals surface area contributed by atoms with Crippen LogP contribution in [0.1, 0.15) is 49.3 Å². The Labute approximate surface area is 174 Å². The van der Waals surface area contributed by atoms with Gasteiger partial charge in [0.2, 0.25) is 5.04 Å². The number of anilines is 1. The molecule has 1 aliphatic carbocycles. The van der Waals surface area contributed by atoms with Crippen LogP contribution >= 0.6 is 23.1 Å². The van der Waals surface area contributed by atoms with Crippen LogP contribution in [0.25, 0.3) is 0 Å². The molecule has 3 aliphatic heterocycles. The van der Waals surface area contributed by atoms with Gasteiger partial charge in [-0.3, -0.25) is 4.79 Å². The number of aliphatic hydroxyl groups is 1. The summed E-state index contributed by atoms with van der Waals surface area (Å²) in [4.78, 5) is 17.3. The number of aliphatic hydroxyl groups excluding tert-OH is 1. The molecule has 0 radical (unpaired) electrons. The van der Waals surface area contributed by atoms with Gasteiger partial charge >= 0.3 is 0 Å². The van der Waals surface area contributed by atoms with Gasteiger partial charge < -0.3 is 10.0 Å². The Hall–Kier alpha value is -1.37. The normalized spacial score (nSPS) is 30.9. The molecule has 0 aromatic carbocycles. The molecule has 4 aliphatic rings. The summed E-state index contributed by atoms with van der Waals surface area (Å²) in [5.41, 5.74) is 0.617. The number of ketones is 1. The van der Waals surface area contributed by atoms with E-state index in [1.54, 1.807) is 23.1 Å². The fourth-order valence-electron chi connectivity index (χ4n) is 4.63. The van der Waals surface area contributed by atoms with Crippen LogP contribution in [-0.2, 0) is 4.79 Å². The fraction of sp³-hybridized carbons (Fsp3) is 0.545. The van der Waals surface area contributed by atoms with E-state index in [1.165, 1.54) is 48.6 Å². The van der Waals surface area contributed by atoms with Gasteiger partial charge in [0, 0.05) is 47.4 Å². The number of hydrogen-bond acceptors (Lipinski definition) is 5. The number of carbonyl (C=O) groups is 1. The Balaban J connectivity index is 1.32. The lowest BCUT2D eigenvalue weighted by molar-refractivity contribution is -0.534. The number of nitrogens with zero attached hydrogens (tertiary/aromatic N) is 2. The maximum Gasteiger partial charge on any atom is 0.239 e. The SMILES string of the molecule is O=C1C(=C2C=CC(=[N+]3CCCCC3)S2)C(O)C1c1ccc(N2CCCCC2)s1. The van der Waals surface area contributed by atoms with E-state index in [0.717, 1.165) is 36.0 Å². The summed E-state index contributed by atoms with van der Waals surface area (Å²) in [5.74, 6) is -0.273. The minimum atomic E-state index is -0.673. The van der Waals surface area contributed by atoms with E-state index in [4.69, 9.17) is 0 Å². The molecule has 6 heteroatoms. The maximum absolute atomic E-state index is 12.9. The van der Waals surface area contributed by atoms with Gasteiger partial charge in [0.25, 0.3) is 0 Å². The van der Waals surface area contributed by atoms with Crippen molar-refractivity contribution < 1.29 is 14.5 Å². The third-order valence-electron chi connectivity index (χ3n) is 6.27. The van der Waals surface area contributed by atoms with Gasteiger partial charge in [0.05, 0.1) is 17.0 Å². The zero-order valence-electron chi connectivity index (χ0n) is 16.1. The number of thiophene rings is 1. The molecule has 2 atom stereocenters. The van der Waals surface area contributed by atoms with E-state index in [1.807, 2.05) is 12.1 Å². The first kappa shape index (κ1) is 18.6. The molecule has 2 unspecified atom stereocenters. The van der Waals surface area contributed by atoms with Gasteiger partial charge in [0.1, 0.15) is 13.1 Å². The lowest BCUT2D eigenvalue weighted by atomic mass is 9.74. The van der Waals surface area contributed by atoms with Crippen molar-refractivity contribution >= 4 is 38.9 Å². The van der Waals surface area contributed by atoms with Gasteiger partial charge in [-0.25, -0.2) is 4.58 Å². The fourth-order valence-corrected chi connectivity index (χ4v) is 6.96. The molecule has 0 amide bonds. The average Bonchev–Trinajstić information content (AvgIpc) is 3.40. The van der Waals surface area contributed by atoms with Gasteiger partial charge in [0.15, 0.2) is 5.78 Å². The topological polar surface area (TPSA) is 43.6 Å². The van der Waals surface area contributed by atoms with E-state index in [-0.39, 0.29) is 11.7 Å². The smallest absolute Gasteiger partial charge is 0.239 e. The molecule has 3 fully saturated rings. The van der Waals surface area contributed by atoms with Gasteiger partial charge in [-0.1, -0.05) is 0 Å². The van der Waals surface area contributed by atoms with Crippen LogP contribution in [0.5, 0.6) is 0 Å².